The van der Waals surface area contributed by atoms with Crippen LogP contribution in [0.2, 0.25) is 0 Å². The topological polar surface area (TPSA) is 91.4 Å². The van der Waals surface area contributed by atoms with Crippen LogP contribution in [0, 0.1) is 0 Å². The summed E-state index contributed by atoms with van der Waals surface area (Å²) >= 11 is 3.47. The monoisotopic (exact) mass is 368 g/mol. The van der Waals surface area contributed by atoms with Crippen molar-refractivity contribution in [1.82, 2.24) is 10.3 Å². The van der Waals surface area contributed by atoms with Crippen LogP contribution in [0.25, 0.3) is 10.9 Å². The molecular weight excluding hydrogens is 352 g/mol. The molecule has 0 saturated heterocycles. The van der Waals surface area contributed by atoms with Crippen LogP contribution in [0.3, 0.4) is 0 Å². The molecule has 22 heavy (non-hydrogen) atoms. The number of carbonyl (C=O) groups is 2. The van der Waals surface area contributed by atoms with Crippen LogP contribution in [0.5, 0.6) is 0 Å². The summed E-state index contributed by atoms with van der Waals surface area (Å²) in [6.45, 7) is 0.261. The number of aromatic amines is 1. The number of hydrogen-bond donors (Lipinski definition) is 3. The Morgan fingerprint density at radius 2 is 2.23 bits per heavy atom. The molecule has 1 heterocycles. The number of ether oxygens (including phenoxy) is 1. The molecule has 1 atom stereocenters. The zero-order valence-electron chi connectivity index (χ0n) is 12.1. The summed E-state index contributed by atoms with van der Waals surface area (Å²) in [4.78, 5) is 26.2. The lowest BCUT2D eigenvalue weighted by atomic mass is 10.0. The number of benzene rings is 1. The number of hydrogen-bond acceptors (Lipinski definition) is 3. The Hall–Kier alpha value is -1.86. The standard InChI is InChI=1S/C15H17BrN2O4/c1-22-6-5-13(19)18-12(15(20)21)7-9-8-17-11-4-2-3-10(16)14(9)11/h2-4,8,12,17H,5-7H2,1H3,(H,18,19)(H,20,21). The molecule has 0 aliphatic heterocycles. The second-order valence-electron chi connectivity index (χ2n) is 4.88. The Morgan fingerprint density at radius 1 is 1.45 bits per heavy atom. The first-order chi connectivity index (χ1) is 10.5. The smallest absolute Gasteiger partial charge is 0.326 e. The van der Waals surface area contributed by atoms with E-state index in [1.165, 1.54) is 7.11 Å². The highest BCUT2D eigenvalue weighted by Gasteiger charge is 2.22. The third-order valence-corrected chi connectivity index (χ3v) is 3.99. The van der Waals surface area contributed by atoms with Gasteiger partial charge in [0, 0.05) is 41.5 Å². The molecule has 1 aromatic heterocycles. The van der Waals surface area contributed by atoms with Gasteiger partial charge in [0.05, 0.1) is 6.61 Å². The number of carboxylic acids is 1. The first-order valence-corrected chi connectivity index (χ1v) is 7.57. The second-order valence-corrected chi connectivity index (χ2v) is 5.74. The van der Waals surface area contributed by atoms with Crippen LogP contribution >= 0.6 is 15.9 Å². The van der Waals surface area contributed by atoms with Crippen molar-refractivity contribution in [1.29, 1.82) is 0 Å². The number of aromatic nitrogens is 1. The van der Waals surface area contributed by atoms with E-state index < -0.39 is 12.0 Å². The van der Waals surface area contributed by atoms with Gasteiger partial charge in [-0.3, -0.25) is 4.79 Å². The molecule has 1 amide bonds. The SMILES string of the molecule is COCCC(=O)NC(Cc1c[nH]c2cccc(Br)c12)C(=O)O. The Bertz CT molecular complexity index is 683. The minimum atomic E-state index is -1.06. The van der Waals surface area contributed by atoms with Crippen LogP contribution < -0.4 is 5.32 Å². The number of carboxylic acid groups (broad SMARTS) is 1. The van der Waals surface area contributed by atoms with Crippen molar-refractivity contribution >= 4 is 38.7 Å². The lowest BCUT2D eigenvalue weighted by Crippen LogP contribution is -2.42. The predicted molar refractivity (Wildman–Crippen MR) is 85.8 cm³/mol. The highest BCUT2D eigenvalue weighted by atomic mass is 79.9. The average molecular weight is 369 g/mol. The van der Waals surface area contributed by atoms with E-state index in [4.69, 9.17) is 4.74 Å². The van der Waals surface area contributed by atoms with E-state index in [-0.39, 0.29) is 25.4 Å². The predicted octanol–water partition coefficient (Wildman–Crippen LogP) is 2.08. The fourth-order valence-electron chi connectivity index (χ4n) is 2.25. The number of fused-ring (bicyclic) bond motifs is 1. The number of nitrogens with one attached hydrogen (secondary N) is 2. The first-order valence-electron chi connectivity index (χ1n) is 6.78. The summed E-state index contributed by atoms with van der Waals surface area (Å²) in [6.07, 6.45) is 2.11. The highest BCUT2D eigenvalue weighted by Crippen LogP contribution is 2.27. The van der Waals surface area contributed by atoms with E-state index in [0.29, 0.717) is 0 Å². The van der Waals surface area contributed by atoms with Gasteiger partial charge < -0.3 is 20.1 Å². The zero-order valence-corrected chi connectivity index (χ0v) is 13.6. The fourth-order valence-corrected chi connectivity index (χ4v) is 2.87. The van der Waals surface area contributed by atoms with Gasteiger partial charge in [-0.15, -0.1) is 0 Å². The van der Waals surface area contributed by atoms with E-state index >= 15 is 0 Å². The molecule has 0 radical (unpaired) electrons. The summed E-state index contributed by atoms with van der Waals surface area (Å²) in [5.41, 5.74) is 1.75. The van der Waals surface area contributed by atoms with Crippen molar-refractivity contribution in [3.05, 3.63) is 34.4 Å². The van der Waals surface area contributed by atoms with Crippen molar-refractivity contribution in [2.75, 3.05) is 13.7 Å². The average Bonchev–Trinajstić information content (AvgIpc) is 2.89. The van der Waals surface area contributed by atoms with Gasteiger partial charge in [-0.25, -0.2) is 4.79 Å². The quantitative estimate of drug-likeness (QED) is 0.697. The second kappa shape index (κ2) is 7.42. The maximum absolute atomic E-state index is 11.7. The zero-order chi connectivity index (χ0) is 16.1. The summed E-state index contributed by atoms with van der Waals surface area (Å²) < 4.78 is 5.70. The lowest BCUT2D eigenvalue weighted by Gasteiger charge is -2.14. The third kappa shape index (κ3) is 3.86. The molecular formula is C15H17BrN2O4. The fraction of sp³-hybridized carbons (Fsp3) is 0.333. The Labute approximate surface area is 136 Å². The van der Waals surface area contributed by atoms with Crippen LogP contribution in [-0.2, 0) is 20.7 Å². The van der Waals surface area contributed by atoms with E-state index in [9.17, 15) is 14.7 Å². The summed E-state index contributed by atoms with van der Waals surface area (Å²) in [5.74, 6) is -1.40. The highest BCUT2D eigenvalue weighted by molar-refractivity contribution is 9.10. The van der Waals surface area contributed by atoms with Gasteiger partial charge >= 0.3 is 5.97 Å². The van der Waals surface area contributed by atoms with Crippen molar-refractivity contribution in [3.8, 4) is 0 Å². The maximum Gasteiger partial charge on any atom is 0.326 e. The molecule has 7 heteroatoms. The summed E-state index contributed by atoms with van der Waals surface area (Å²) in [6, 6.07) is 4.73. The molecule has 1 aromatic carbocycles. The molecule has 2 rings (SSSR count). The number of amides is 1. The Kier molecular flexibility index (Phi) is 5.57. The number of carbonyl (C=O) groups excluding carboxylic acids is 1. The van der Waals surface area contributed by atoms with Crippen molar-refractivity contribution < 1.29 is 19.4 Å². The molecule has 3 N–H and O–H groups in total. The van der Waals surface area contributed by atoms with Crippen LogP contribution in [0.15, 0.2) is 28.9 Å². The first kappa shape index (κ1) is 16.5. The van der Waals surface area contributed by atoms with Gasteiger partial charge in [-0.2, -0.15) is 0 Å². The molecule has 0 aliphatic carbocycles. The van der Waals surface area contributed by atoms with Gasteiger partial charge in [0.1, 0.15) is 6.04 Å². The van der Waals surface area contributed by atoms with Crippen LogP contribution in [-0.4, -0.2) is 41.7 Å². The molecule has 0 aliphatic rings. The minimum absolute atomic E-state index is 0.137. The normalized spacial score (nSPS) is 12.3. The van der Waals surface area contributed by atoms with Crippen LogP contribution in [0.4, 0.5) is 0 Å². The molecule has 0 spiro atoms. The number of rotatable bonds is 7. The summed E-state index contributed by atoms with van der Waals surface area (Å²) in [7, 11) is 1.49. The molecule has 118 valence electrons. The Morgan fingerprint density at radius 3 is 2.91 bits per heavy atom. The number of methoxy groups -OCH3 is 1. The van der Waals surface area contributed by atoms with Crippen molar-refractivity contribution in [2.45, 2.75) is 18.9 Å². The van der Waals surface area contributed by atoms with Crippen molar-refractivity contribution in [2.24, 2.45) is 0 Å². The van der Waals surface area contributed by atoms with Gasteiger partial charge in [-0.1, -0.05) is 22.0 Å². The minimum Gasteiger partial charge on any atom is -0.480 e. The number of halogens is 1. The van der Waals surface area contributed by atoms with Gasteiger partial charge in [0.2, 0.25) is 5.91 Å². The summed E-state index contributed by atoms with van der Waals surface area (Å²) in [5, 5.41) is 12.8. The van der Waals surface area contributed by atoms with Gasteiger partial charge in [0.25, 0.3) is 0 Å². The van der Waals surface area contributed by atoms with Crippen LogP contribution in [0.1, 0.15) is 12.0 Å². The third-order valence-electron chi connectivity index (χ3n) is 3.33. The maximum atomic E-state index is 11.7. The largest absolute Gasteiger partial charge is 0.480 e. The lowest BCUT2D eigenvalue weighted by molar-refractivity contribution is -0.141. The molecule has 1 unspecified atom stereocenters. The molecule has 6 nitrogen and oxygen atoms in total. The van der Waals surface area contributed by atoms with Gasteiger partial charge in [0.15, 0.2) is 0 Å². The number of H-pyrrole nitrogens is 1. The van der Waals surface area contributed by atoms with Crippen molar-refractivity contribution in [3.63, 3.8) is 0 Å². The molecule has 0 bridgehead atoms. The van der Waals surface area contributed by atoms with E-state index in [0.717, 1.165) is 20.9 Å². The van der Waals surface area contributed by atoms with Gasteiger partial charge in [-0.05, 0) is 17.7 Å². The van der Waals surface area contributed by atoms with E-state index in [2.05, 4.69) is 26.2 Å². The van der Waals surface area contributed by atoms with E-state index in [1.54, 1.807) is 6.20 Å². The van der Waals surface area contributed by atoms with E-state index in [1.807, 2.05) is 18.2 Å². The molecule has 0 saturated carbocycles. The Balaban J connectivity index is 2.16. The number of aliphatic carboxylic acids is 1. The molecule has 0 fully saturated rings. The molecule has 2 aromatic rings.